The summed E-state index contributed by atoms with van der Waals surface area (Å²) in [5, 5.41) is 3.61. The number of rotatable bonds is 3. The van der Waals surface area contributed by atoms with Crippen molar-refractivity contribution in [3.8, 4) is 0 Å². The predicted molar refractivity (Wildman–Crippen MR) is 47.3 cm³/mol. The van der Waals surface area contributed by atoms with Crippen LogP contribution in [-0.2, 0) is 6.54 Å². The summed E-state index contributed by atoms with van der Waals surface area (Å²) in [6, 6.07) is 0. The molecule has 14 heavy (non-hydrogen) atoms. The van der Waals surface area contributed by atoms with E-state index in [4.69, 9.17) is 11.6 Å². The van der Waals surface area contributed by atoms with Crippen molar-refractivity contribution in [2.24, 2.45) is 0 Å². The normalized spacial score (nSPS) is 12.4. The van der Waals surface area contributed by atoms with Gasteiger partial charge in [0.25, 0.3) is 0 Å². The van der Waals surface area contributed by atoms with E-state index in [2.05, 4.69) is 9.59 Å². The highest BCUT2D eigenvalue weighted by atomic mass is 35.5. The van der Waals surface area contributed by atoms with Gasteiger partial charge in [0.1, 0.15) is 10.0 Å². The van der Waals surface area contributed by atoms with Gasteiger partial charge in [-0.2, -0.15) is 13.2 Å². The highest BCUT2D eigenvalue weighted by Crippen LogP contribution is 2.21. The molecule has 0 saturated carbocycles. The Morgan fingerprint density at radius 1 is 1.50 bits per heavy atom. The molecule has 0 radical (unpaired) electrons. The van der Waals surface area contributed by atoms with Crippen molar-refractivity contribution in [1.82, 2.24) is 14.5 Å². The standard InChI is InChI=1S/C6H7ClF3N3S/c1-13(3-6(8,9)10)2-4-5(7)14-12-11-4/h2-3H2,1H3. The lowest BCUT2D eigenvalue weighted by Crippen LogP contribution is -2.30. The average molecular weight is 246 g/mol. The van der Waals surface area contributed by atoms with Crippen LogP contribution in [0, 0.1) is 0 Å². The average Bonchev–Trinajstić information content (AvgIpc) is 2.32. The molecule has 0 atom stereocenters. The maximum absolute atomic E-state index is 11.9. The van der Waals surface area contributed by atoms with E-state index in [-0.39, 0.29) is 6.54 Å². The summed E-state index contributed by atoms with van der Waals surface area (Å²) in [6.07, 6.45) is -4.20. The summed E-state index contributed by atoms with van der Waals surface area (Å²) in [4.78, 5) is 1.09. The maximum atomic E-state index is 11.9. The molecular weight excluding hydrogens is 239 g/mol. The first kappa shape index (κ1) is 11.7. The van der Waals surface area contributed by atoms with Crippen LogP contribution in [0.4, 0.5) is 13.2 Å². The molecule has 0 aliphatic heterocycles. The molecule has 8 heteroatoms. The molecule has 0 bridgehead atoms. The fourth-order valence-corrected chi connectivity index (χ4v) is 1.52. The molecule has 0 N–H and O–H groups in total. The lowest BCUT2D eigenvalue weighted by molar-refractivity contribution is -0.144. The molecule has 1 aromatic rings. The number of alkyl halides is 3. The molecule has 80 valence electrons. The Labute approximate surface area is 87.6 Å². The molecular formula is C6H7ClF3N3S. The van der Waals surface area contributed by atoms with Crippen molar-refractivity contribution < 1.29 is 13.2 Å². The molecule has 0 spiro atoms. The summed E-state index contributed by atoms with van der Waals surface area (Å²) in [5.41, 5.74) is 0.378. The monoisotopic (exact) mass is 245 g/mol. The zero-order valence-electron chi connectivity index (χ0n) is 7.18. The molecule has 0 amide bonds. The summed E-state index contributed by atoms with van der Waals surface area (Å²) < 4.78 is 39.6. The third kappa shape index (κ3) is 3.77. The first-order chi connectivity index (χ1) is 6.38. The van der Waals surface area contributed by atoms with E-state index in [9.17, 15) is 13.2 Å². The molecule has 0 fully saturated rings. The van der Waals surface area contributed by atoms with Crippen LogP contribution in [0.15, 0.2) is 0 Å². The number of hydrogen-bond acceptors (Lipinski definition) is 4. The predicted octanol–water partition coefficient (Wildman–Crippen LogP) is 2.19. The summed E-state index contributed by atoms with van der Waals surface area (Å²) in [6.45, 7) is -0.935. The van der Waals surface area contributed by atoms with E-state index in [1.807, 2.05) is 0 Å². The van der Waals surface area contributed by atoms with Gasteiger partial charge in [0.05, 0.1) is 6.54 Å². The Bertz CT molecular complexity index is 301. The van der Waals surface area contributed by atoms with E-state index < -0.39 is 12.7 Å². The number of aromatic nitrogens is 2. The molecule has 0 aliphatic carbocycles. The van der Waals surface area contributed by atoms with Crippen molar-refractivity contribution >= 4 is 23.1 Å². The Balaban J connectivity index is 2.50. The lowest BCUT2D eigenvalue weighted by Gasteiger charge is -2.16. The first-order valence-corrected chi connectivity index (χ1v) is 4.75. The van der Waals surface area contributed by atoms with Gasteiger partial charge >= 0.3 is 6.18 Å². The number of hydrogen-bond donors (Lipinski definition) is 0. The van der Waals surface area contributed by atoms with Gasteiger partial charge in [0.15, 0.2) is 0 Å². The minimum absolute atomic E-state index is 0.0504. The maximum Gasteiger partial charge on any atom is 0.401 e. The van der Waals surface area contributed by atoms with Crippen molar-refractivity contribution in [3.63, 3.8) is 0 Å². The largest absolute Gasteiger partial charge is 0.401 e. The van der Waals surface area contributed by atoms with Gasteiger partial charge in [0, 0.05) is 18.1 Å². The zero-order chi connectivity index (χ0) is 10.8. The molecule has 0 aliphatic rings. The molecule has 1 rings (SSSR count). The Hall–Kier alpha value is -0.400. The quantitative estimate of drug-likeness (QED) is 0.817. The zero-order valence-corrected chi connectivity index (χ0v) is 8.75. The fraction of sp³-hybridized carbons (Fsp3) is 0.667. The highest BCUT2D eigenvalue weighted by molar-refractivity contribution is 7.10. The van der Waals surface area contributed by atoms with Crippen molar-refractivity contribution in [3.05, 3.63) is 10.0 Å². The first-order valence-electron chi connectivity index (χ1n) is 3.60. The molecule has 0 aromatic carbocycles. The molecule has 0 unspecified atom stereocenters. The Kier molecular flexibility index (Phi) is 3.68. The van der Waals surface area contributed by atoms with Crippen molar-refractivity contribution in [2.75, 3.05) is 13.6 Å². The van der Waals surface area contributed by atoms with Gasteiger partial charge in [-0.1, -0.05) is 16.1 Å². The van der Waals surface area contributed by atoms with Crippen LogP contribution in [-0.4, -0.2) is 34.3 Å². The van der Waals surface area contributed by atoms with Gasteiger partial charge in [-0.15, -0.1) is 5.10 Å². The minimum Gasteiger partial charge on any atom is -0.292 e. The third-order valence-electron chi connectivity index (χ3n) is 1.38. The third-order valence-corrected chi connectivity index (χ3v) is 2.36. The van der Waals surface area contributed by atoms with Crippen LogP contribution in [0.3, 0.4) is 0 Å². The molecule has 0 saturated heterocycles. The van der Waals surface area contributed by atoms with Gasteiger partial charge in [0.2, 0.25) is 0 Å². The Morgan fingerprint density at radius 2 is 2.14 bits per heavy atom. The minimum atomic E-state index is -4.20. The fourth-order valence-electron chi connectivity index (χ4n) is 0.909. The molecule has 1 heterocycles. The van der Waals surface area contributed by atoms with Crippen LogP contribution in [0.2, 0.25) is 4.34 Å². The number of halogens is 4. The van der Waals surface area contributed by atoms with Crippen LogP contribution < -0.4 is 0 Å². The smallest absolute Gasteiger partial charge is 0.292 e. The van der Waals surface area contributed by atoms with E-state index in [0.717, 1.165) is 16.4 Å². The van der Waals surface area contributed by atoms with Gasteiger partial charge in [-0.05, 0) is 7.05 Å². The van der Waals surface area contributed by atoms with Crippen molar-refractivity contribution in [2.45, 2.75) is 12.7 Å². The van der Waals surface area contributed by atoms with Gasteiger partial charge in [-0.25, -0.2) is 0 Å². The Morgan fingerprint density at radius 3 is 2.57 bits per heavy atom. The van der Waals surface area contributed by atoms with E-state index in [1.54, 1.807) is 0 Å². The SMILES string of the molecule is CN(Cc1nnsc1Cl)CC(F)(F)F. The molecule has 3 nitrogen and oxygen atoms in total. The van der Waals surface area contributed by atoms with E-state index in [1.165, 1.54) is 7.05 Å². The van der Waals surface area contributed by atoms with Gasteiger partial charge < -0.3 is 0 Å². The lowest BCUT2D eigenvalue weighted by atomic mass is 10.4. The van der Waals surface area contributed by atoms with Crippen LogP contribution in [0.25, 0.3) is 0 Å². The second-order valence-electron chi connectivity index (χ2n) is 2.78. The summed E-state index contributed by atoms with van der Waals surface area (Å²) >= 11 is 6.60. The van der Waals surface area contributed by atoms with Crippen LogP contribution in [0.5, 0.6) is 0 Å². The highest BCUT2D eigenvalue weighted by Gasteiger charge is 2.29. The summed E-state index contributed by atoms with van der Waals surface area (Å²) in [5.74, 6) is 0. The van der Waals surface area contributed by atoms with E-state index in [0.29, 0.717) is 10.0 Å². The topological polar surface area (TPSA) is 29.0 Å². The van der Waals surface area contributed by atoms with E-state index >= 15 is 0 Å². The summed E-state index contributed by atoms with van der Waals surface area (Å²) in [7, 11) is 1.35. The van der Waals surface area contributed by atoms with Gasteiger partial charge in [-0.3, -0.25) is 4.90 Å². The molecule has 1 aromatic heterocycles. The second kappa shape index (κ2) is 4.41. The van der Waals surface area contributed by atoms with Crippen molar-refractivity contribution in [1.29, 1.82) is 0 Å². The second-order valence-corrected chi connectivity index (χ2v) is 4.14. The number of nitrogens with zero attached hydrogens (tertiary/aromatic N) is 3. The van der Waals surface area contributed by atoms with Crippen LogP contribution in [0.1, 0.15) is 5.69 Å². The van der Waals surface area contributed by atoms with Crippen LogP contribution >= 0.6 is 23.1 Å².